The zero-order valence-electron chi connectivity index (χ0n) is 9.28. The summed E-state index contributed by atoms with van der Waals surface area (Å²) in [6, 6.07) is 5.02. The molecule has 1 heterocycles. The number of pyridine rings is 1. The third kappa shape index (κ3) is 3.63. The van der Waals surface area contributed by atoms with E-state index < -0.39 is 0 Å². The van der Waals surface area contributed by atoms with Crippen LogP contribution in [0.3, 0.4) is 0 Å². The summed E-state index contributed by atoms with van der Waals surface area (Å²) in [5.74, 6) is 0. The van der Waals surface area contributed by atoms with Crippen molar-refractivity contribution in [2.45, 2.75) is 44.6 Å². The monoisotopic (exact) mass is 204 g/mol. The molecular weight excluding hydrogens is 184 g/mol. The fourth-order valence-corrected chi connectivity index (χ4v) is 2.28. The number of aryl methyl sites for hydroxylation is 1. The first-order valence-electron chi connectivity index (χ1n) is 6.07. The van der Waals surface area contributed by atoms with Gasteiger partial charge in [0, 0.05) is 18.4 Å². The lowest BCUT2D eigenvalue weighted by molar-refractivity contribution is 0.515. The number of aromatic nitrogens is 1. The van der Waals surface area contributed by atoms with E-state index in [0.717, 1.165) is 12.6 Å². The van der Waals surface area contributed by atoms with E-state index >= 15 is 0 Å². The fourth-order valence-electron chi connectivity index (χ4n) is 2.28. The molecule has 1 fully saturated rings. The molecule has 0 atom stereocenters. The van der Waals surface area contributed by atoms with Gasteiger partial charge in [-0.3, -0.25) is 4.98 Å². The molecule has 15 heavy (non-hydrogen) atoms. The number of hydrogen-bond donors (Lipinski definition) is 1. The van der Waals surface area contributed by atoms with Crippen molar-refractivity contribution >= 4 is 0 Å². The molecule has 82 valence electrons. The predicted octanol–water partition coefficient (Wildman–Crippen LogP) is 2.55. The maximum atomic E-state index is 4.02. The normalized spacial score (nSPS) is 17.1. The minimum atomic E-state index is 0.808. The first kappa shape index (κ1) is 10.6. The topological polar surface area (TPSA) is 24.9 Å². The number of nitrogens with one attached hydrogen (secondary N) is 1. The van der Waals surface area contributed by atoms with Crippen LogP contribution in [0.1, 0.15) is 37.7 Å². The average Bonchev–Trinajstić information content (AvgIpc) is 2.79. The highest BCUT2D eigenvalue weighted by molar-refractivity contribution is 5.09. The van der Waals surface area contributed by atoms with E-state index in [-0.39, 0.29) is 0 Å². The van der Waals surface area contributed by atoms with Crippen LogP contribution in [0.2, 0.25) is 0 Å². The summed E-state index contributed by atoms with van der Waals surface area (Å²) in [6.45, 7) is 1.16. The summed E-state index contributed by atoms with van der Waals surface area (Å²) in [4.78, 5) is 4.02. The van der Waals surface area contributed by atoms with Crippen molar-refractivity contribution in [3.63, 3.8) is 0 Å². The molecule has 1 aromatic heterocycles. The van der Waals surface area contributed by atoms with Crippen molar-refractivity contribution in [3.05, 3.63) is 30.1 Å². The van der Waals surface area contributed by atoms with Crippen LogP contribution in [0, 0.1) is 0 Å². The van der Waals surface area contributed by atoms with Crippen molar-refractivity contribution in [1.29, 1.82) is 0 Å². The van der Waals surface area contributed by atoms with E-state index in [2.05, 4.69) is 22.4 Å². The average molecular weight is 204 g/mol. The zero-order chi connectivity index (χ0) is 10.3. The van der Waals surface area contributed by atoms with E-state index in [0.29, 0.717) is 0 Å². The SMILES string of the molecule is c1cc(CCCNC2CCCC2)ccn1. The highest BCUT2D eigenvalue weighted by Gasteiger charge is 2.12. The molecule has 2 heteroatoms. The van der Waals surface area contributed by atoms with Gasteiger partial charge >= 0.3 is 0 Å². The summed E-state index contributed by atoms with van der Waals surface area (Å²) in [5.41, 5.74) is 1.40. The van der Waals surface area contributed by atoms with Gasteiger partial charge in [-0.1, -0.05) is 12.8 Å². The first-order chi connectivity index (χ1) is 7.45. The molecular formula is C13H20N2. The third-order valence-corrected chi connectivity index (χ3v) is 3.18. The number of rotatable bonds is 5. The van der Waals surface area contributed by atoms with Crippen molar-refractivity contribution < 1.29 is 0 Å². The maximum absolute atomic E-state index is 4.02. The van der Waals surface area contributed by atoms with Gasteiger partial charge in [-0.25, -0.2) is 0 Å². The van der Waals surface area contributed by atoms with Crippen LogP contribution in [-0.4, -0.2) is 17.6 Å². The molecule has 0 bridgehead atoms. The third-order valence-electron chi connectivity index (χ3n) is 3.18. The maximum Gasteiger partial charge on any atom is 0.0270 e. The molecule has 0 amide bonds. The molecule has 0 aromatic carbocycles. The molecule has 0 saturated heterocycles. The van der Waals surface area contributed by atoms with Gasteiger partial charge in [-0.05, 0) is 49.9 Å². The van der Waals surface area contributed by atoms with Gasteiger partial charge in [0.15, 0.2) is 0 Å². The molecule has 1 N–H and O–H groups in total. The molecule has 2 nitrogen and oxygen atoms in total. The van der Waals surface area contributed by atoms with Crippen LogP contribution in [0.15, 0.2) is 24.5 Å². The highest BCUT2D eigenvalue weighted by Crippen LogP contribution is 2.17. The Morgan fingerprint density at radius 2 is 1.93 bits per heavy atom. The predicted molar refractivity (Wildman–Crippen MR) is 62.8 cm³/mol. The van der Waals surface area contributed by atoms with Crippen molar-refractivity contribution in [2.75, 3.05) is 6.54 Å². The summed E-state index contributed by atoms with van der Waals surface area (Å²) >= 11 is 0. The summed E-state index contributed by atoms with van der Waals surface area (Å²) in [6.07, 6.45) is 11.8. The Labute approximate surface area is 92.1 Å². The van der Waals surface area contributed by atoms with Gasteiger partial charge in [0.05, 0.1) is 0 Å². The Hall–Kier alpha value is -0.890. The van der Waals surface area contributed by atoms with Crippen LogP contribution in [0.5, 0.6) is 0 Å². The lowest BCUT2D eigenvalue weighted by Crippen LogP contribution is -2.27. The van der Waals surface area contributed by atoms with Crippen molar-refractivity contribution in [3.8, 4) is 0 Å². The molecule has 2 rings (SSSR count). The Morgan fingerprint density at radius 1 is 1.20 bits per heavy atom. The number of nitrogens with zero attached hydrogens (tertiary/aromatic N) is 1. The highest BCUT2D eigenvalue weighted by atomic mass is 14.9. The Balaban J connectivity index is 1.59. The number of hydrogen-bond acceptors (Lipinski definition) is 2. The van der Waals surface area contributed by atoms with Gasteiger partial charge in [-0.15, -0.1) is 0 Å². The molecule has 0 unspecified atom stereocenters. The lowest BCUT2D eigenvalue weighted by Gasteiger charge is -2.11. The van der Waals surface area contributed by atoms with E-state index in [4.69, 9.17) is 0 Å². The molecule has 1 saturated carbocycles. The molecule has 0 aliphatic heterocycles. The second-order valence-electron chi connectivity index (χ2n) is 4.39. The largest absolute Gasteiger partial charge is 0.314 e. The minimum Gasteiger partial charge on any atom is -0.314 e. The van der Waals surface area contributed by atoms with Gasteiger partial charge in [-0.2, -0.15) is 0 Å². The molecule has 1 aliphatic rings. The first-order valence-corrected chi connectivity index (χ1v) is 6.07. The van der Waals surface area contributed by atoms with Crippen LogP contribution in [0.25, 0.3) is 0 Å². The quantitative estimate of drug-likeness (QED) is 0.746. The summed E-state index contributed by atoms with van der Waals surface area (Å²) < 4.78 is 0. The van der Waals surface area contributed by atoms with E-state index in [9.17, 15) is 0 Å². The molecule has 0 radical (unpaired) electrons. The summed E-state index contributed by atoms with van der Waals surface area (Å²) in [5, 5.41) is 3.64. The molecule has 1 aromatic rings. The van der Waals surface area contributed by atoms with E-state index in [1.807, 2.05) is 12.4 Å². The van der Waals surface area contributed by atoms with Gasteiger partial charge in [0.1, 0.15) is 0 Å². The fraction of sp³-hybridized carbons (Fsp3) is 0.615. The van der Waals surface area contributed by atoms with Crippen molar-refractivity contribution in [2.24, 2.45) is 0 Å². The van der Waals surface area contributed by atoms with Gasteiger partial charge < -0.3 is 5.32 Å². The second kappa shape index (κ2) is 5.86. The van der Waals surface area contributed by atoms with Crippen molar-refractivity contribution in [1.82, 2.24) is 10.3 Å². The van der Waals surface area contributed by atoms with Gasteiger partial charge in [0.25, 0.3) is 0 Å². The zero-order valence-corrected chi connectivity index (χ0v) is 9.28. The van der Waals surface area contributed by atoms with Crippen LogP contribution >= 0.6 is 0 Å². The molecule has 0 spiro atoms. The lowest BCUT2D eigenvalue weighted by atomic mass is 10.1. The second-order valence-corrected chi connectivity index (χ2v) is 4.39. The standard InChI is InChI=1S/C13H20N2/c1-2-6-13(5-1)15-9-3-4-12-7-10-14-11-8-12/h7-8,10-11,13,15H,1-6,9H2. The summed E-state index contributed by atoms with van der Waals surface area (Å²) in [7, 11) is 0. The van der Waals surface area contributed by atoms with Crippen LogP contribution in [0.4, 0.5) is 0 Å². The van der Waals surface area contributed by atoms with E-state index in [1.54, 1.807) is 0 Å². The Kier molecular flexibility index (Phi) is 4.15. The van der Waals surface area contributed by atoms with E-state index in [1.165, 1.54) is 44.1 Å². The smallest absolute Gasteiger partial charge is 0.0270 e. The Bertz CT molecular complexity index is 265. The van der Waals surface area contributed by atoms with Crippen LogP contribution in [-0.2, 0) is 6.42 Å². The molecule has 1 aliphatic carbocycles. The van der Waals surface area contributed by atoms with Crippen LogP contribution < -0.4 is 5.32 Å². The van der Waals surface area contributed by atoms with Gasteiger partial charge in [0.2, 0.25) is 0 Å². The minimum absolute atomic E-state index is 0.808. The Morgan fingerprint density at radius 3 is 2.67 bits per heavy atom.